The Kier molecular flexibility index (Phi) is 9.05. The number of nitrogens with two attached hydrogens (primary N) is 1. The Balaban J connectivity index is 1.61. The highest BCUT2D eigenvalue weighted by atomic mass is 35.5. The van der Waals surface area contributed by atoms with Crippen molar-refractivity contribution in [3.63, 3.8) is 0 Å². The third kappa shape index (κ3) is 7.02. The van der Waals surface area contributed by atoms with Crippen LogP contribution in [0.5, 0.6) is 11.5 Å². The van der Waals surface area contributed by atoms with E-state index in [0.717, 1.165) is 24.8 Å². The second-order valence-electron chi connectivity index (χ2n) is 9.98. The van der Waals surface area contributed by atoms with E-state index in [1.807, 2.05) is 11.8 Å². The van der Waals surface area contributed by atoms with E-state index in [0.29, 0.717) is 23.9 Å². The number of rotatable bonds is 8. The average Bonchev–Trinajstić information content (AvgIpc) is 2.93. The summed E-state index contributed by atoms with van der Waals surface area (Å²) in [5.74, 6) is 0.254. The predicted molar refractivity (Wildman–Crippen MR) is 146 cm³/mol. The molecule has 2 aliphatic rings. The van der Waals surface area contributed by atoms with Gasteiger partial charge in [0.2, 0.25) is 15.9 Å². The molecule has 2 aromatic rings. The van der Waals surface area contributed by atoms with Crippen molar-refractivity contribution in [3.05, 3.63) is 52.5 Å². The zero-order valence-corrected chi connectivity index (χ0v) is 23.7. The van der Waals surface area contributed by atoms with Gasteiger partial charge >= 0.3 is 0 Å². The van der Waals surface area contributed by atoms with Gasteiger partial charge < -0.3 is 24.0 Å². The smallest absolute Gasteiger partial charge is 0.257 e. The van der Waals surface area contributed by atoms with Gasteiger partial charge in [-0.15, -0.1) is 0 Å². The van der Waals surface area contributed by atoms with Gasteiger partial charge in [0.05, 0.1) is 37.1 Å². The lowest BCUT2D eigenvalue weighted by Gasteiger charge is -2.43. The number of carbonyl (C=O) groups is 2. The van der Waals surface area contributed by atoms with Gasteiger partial charge in [-0.05, 0) is 68.1 Å². The zero-order valence-electron chi connectivity index (χ0n) is 22.2. The van der Waals surface area contributed by atoms with E-state index in [1.54, 1.807) is 18.2 Å². The Morgan fingerprint density at radius 2 is 1.82 bits per heavy atom. The molecule has 12 heteroatoms. The molecule has 4 rings (SSSR count). The lowest BCUT2D eigenvalue weighted by molar-refractivity contribution is -0.153. The number of likely N-dealkylation sites (tertiary alicyclic amines) is 1. The molecule has 2 heterocycles. The number of benzene rings is 2. The van der Waals surface area contributed by atoms with Crippen molar-refractivity contribution in [2.45, 2.75) is 43.1 Å². The van der Waals surface area contributed by atoms with Crippen molar-refractivity contribution in [2.24, 2.45) is 5.14 Å². The van der Waals surface area contributed by atoms with Crippen LogP contribution in [0.4, 0.5) is 0 Å². The van der Waals surface area contributed by atoms with E-state index in [9.17, 15) is 18.0 Å². The second-order valence-corrected chi connectivity index (χ2v) is 12.0. The molecule has 2 saturated heterocycles. The number of halogens is 1. The number of ether oxygens (including phenoxy) is 3. The standard InChI is InChI=1S/C27H34ClN3O7S/c1-19-14-20(6-8-23(19)28)37-18-27(16-25(32)30-10-4-3-5-11-30)17-31(12-13-38-27)26(33)22-15-21(39(29,34)35)7-9-24(22)36-2/h6-9,14-15H,3-5,10-13,16-18H2,1-2H3,(H2,29,34,35). The van der Waals surface area contributed by atoms with Crippen LogP contribution < -0.4 is 14.6 Å². The highest BCUT2D eigenvalue weighted by Crippen LogP contribution is 2.30. The molecule has 2 amide bonds. The molecule has 1 unspecified atom stereocenters. The fourth-order valence-corrected chi connectivity index (χ4v) is 5.57. The van der Waals surface area contributed by atoms with Crippen LogP contribution >= 0.6 is 11.6 Å². The topological polar surface area (TPSA) is 128 Å². The summed E-state index contributed by atoms with van der Waals surface area (Å²) in [5.41, 5.74) is -0.229. The molecular formula is C27H34ClN3O7S. The van der Waals surface area contributed by atoms with Crippen molar-refractivity contribution in [3.8, 4) is 11.5 Å². The Labute approximate surface area is 234 Å². The summed E-state index contributed by atoms with van der Waals surface area (Å²) in [7, 11) is -2.65. The number of morpholine rings is 1. The molecular weight excluding hydrogens is 546 g/mol. The number of piperidine rings is 1. The van der Waals surface area contributed by atoms with E-state index in [4.69, 9.17) is 31.0 Å². The number of amides is 2. The Hall–Kier alpha value is -2.86. The molecule has 212 valence electrons. The third-order valence-electron chi connectivity index (χ3n) is 7.08. The van der Waals surface area contributed by atoms with Crippen LogP contribution in [0.25, 0.3) is 0 Å². The highest BCUT2D eigenvalue weighted by molar-refractivity contribution is 7.89. The molecule has 39 heavy (non-hydrogen) atoms. The van der Waals surface area contributed by atoms with Crippen molar-refractivity contribution in [1.29, 1.82) is 0 Å². The quantitative estimate of drug-likeness (QED) is 0.509. The van der Waals surface area contributed by atoms with Crippen LogP contribution in [-0.2, 0) is 19.6 Å². The predicted octanol–water partition coefficient (Wildman–Crippen LogP) is 3.00. The number of nitrogens with zero attached hydrogens (tertiary/aromatic N) is 2. The fourth-order valence-electron chi connectivity index (χ4n) is 4.92. The molecule has 2 aromatic carbocycles. The van der Waals surface area contributed by atoms with Gasteiger partial charge in [-0.1, -0.05) is 11.6 Å². The van der Waals surface area contributed by atoms with Gasteiger partial charge in [0, 0.05) is 24.7 Å². The lowest BCUT2D eigenvalue weighted by Crippen LogP contribution is -2.58. The number of hydrogen-bond donors (Lipinski definition) is 1. The Bertz CT molecular complexity index is 1330. The second kappa shape index (κ2) is 12.1. The summed E-state index contributed by atoms with van der Waals surface area (Å²) < 4.78 is 41.5. The van der Waals surface area contributed by atoms with Gasteiger partial charge in [-0.3, -0.25) is 9.59 Å². The monoisotopic (exact) mass is 579 g/mol. The van der Waals surface area contributed by atoms with Gasteiger partial charge in [0.15, 0.2) is 0 Å². The fraction of sp³-hybridized carbons (Fsp3) is 0.481. The maximum atomic E-state index is 13.7. The molecule has 2 N–H and O–H groups in total. The highest BCUT2D eigenvalue weighted by Gasteiger charge is 2.43. The van der Waals surface area contributed by atoms with Crippen molar-refractivity contribution in [1.82, 2.24) is 9.80 Å². The van der Waals surface area contributed by atoms with Crippen LogP contribution in [0.15, 0.2) is 41.3 Å². The minimum absolute atomic E-state index is 0.0196. The number of primary sulfonamides is 1. The van der Waals surface area contributed by atoms with Crippen LogP contribution in [0.2, 0.25) is 5.02 Å². The average molecular weight is 580 g/mol. The molecule has 2 aliphatic heterocycles. The van der Waals surface area contributed by atoms with E-state index in [1.165, 1.54) is 30.2 Å². The van der Waals surface area contributed by atoms with Gasteiger partial charge in [-0.2, -0.15) is 0 Å². The summed E-state index contributed by atoms with van der Waals surface area (Å²) in [6.45, 7) is 3.72. The van der Waals surface area contributed by atoms with Gasteiger partial charge in [-0.25, -0.2) is 13.6 Å². The molecule has 0 spiro atoms. The number of sulfonamides is 1. The molecule has 10 nitrogen and oxygen atoms in total. The first-order valence-corrected chi connectivity index (χ1v) is 14.7. The normalized spacial score (nSPS) is 20.0. The molecule has 0 radical (unpaired) electrons. The van der Waals surface area contributed by atoms with Crippen LogP contribution in [0, 0.1) is 6.92 Å². The molecule has 0 aliphatic carbocycles. The number of methoxy groups -OCH3 is 1. The van der Waals surface area contributed by atoms with Crippen molar-refractivity contribution in [2.75, 3.05) is 46.5 Å². The zero-order chi connectivity index (χ0) is 28.2. The van der Waals surface area contributed by atoms with Crippen molar-refractivity contribution >= 4 is 33.4 Å². The summed E-state index contributed by atoms with van der Waals surface area (Å²) in [4.78, 5) is 30.2. The van der Waals surface area contributed by atoms with E-state index >= 15 is 0 Å². The summed E-state index contributed by atoms with van der Waals surface area (Å²) >= 11 is 6.16. The number of carbonyl (C=O) groups excluding carboxylic acids is 2. The maximum Gasteiger partial charge on any atom is 0.257 e. The van der Waals surface area contributed by atoms with Gasteiger partial charge in [0.1, 0.15) is 23.7 Å². The third-order valence-corrected chi connectivity index (χ3v) is 8.41. The first kappa shape index (κ1) is 29.1. The lowest BCUT2D eigenvalue weighted by atomic mass is 9.95. The van der Waals surface area contributed by atoms with Gasteiger partial charge in [0.25, 0.3) is 5.91 Å². The first-order chi connectivity index (χ1) is 18.5. The maximum absolute atomic E-state index is 13.7. The molecule has 0 aromatic heterocycles. The SMILES string of the molecule is COc1ccc(S(N)(=O)=O)cc1C(=O)N1CCOC(COc2ccc(Cl)c(C)c2)(CC(=O)N2CCCCC2)C1. The van der Waals surface area contributed by atoms with E-state index in [2.05, 4.69) is 0 Å². The van der Waals surface area contributed by atoms with Crippen LogP contribution in [0.3, 0.4) is 0 Å². The molecule has 2 fully saturated rings. The Morgan fingerprint density at radius 1 is 1.08 bits per heavy atom. The van der Waals surface area contributed by atoms with E-state index in [-0.39, 0.29) is 54.8 Å². The number of aryl methyl sites for hydroxylation is 1. The van der Waals surface area contributed by atoms with E-state index < -0.39 is 21.5 Å². The number of hydrogen-bond acceptors (Lipinski definition) is 7. The minimum atomic E-state index is -4.04. The Morgan fingerprint density at radius 3 is 2.49 bits per heavy atom. The summed E-state index contributed by atoms with van der Waals surface area (Å²) in [5, 5.41) is 5.91. The molecule has 0 saturated carbocycles. The minimum Gasteiger partial charge on any atom is -0.496 e. The first-order valence-electron chi connectivity index (χ1n) is 12.8. The van der Waals surface area contributed by atoms with Crippen LogP contribution in [-0.4, -0.2) is 82.1 Å². The summed E-state index contributed by atoms with van der Waals surface area (Å²) in [6, 6.07) is 9.17. The van der Waals surface area contributed by atoms with Crippen LogP contribution in [0.1, 0.15) is 41.6 Å². The molecule has 0 bridgehead atoms. The largest absolute Gasteiger partial charge is 0.496 e. The molecule has 1 atom stereocenters. The van der Waals surface area contributed by atoms with Crippen molar-refractivity contribution < 1.29 is 32.2 Å². The summed E-state index contributed by atoms with van der Waals surface area (Å²) in [6.07, 6.45) is 3.01.